The summed E-state index contributed by atoms with van der Waals surface area (Å²) in [7, 11) is -3.66. The molecule has 0 bridgehead atoms. The fourth-order valence-electron chi connectivity index (χ4n) is 2.87. The van der Waals surface area contributed by atoms with Crippen molar-refractivity contribution in [3.8, 4) is 0 Å². The molecule has 1 aromatic carbocycles. The van der Waals surface area contributed by atoms with E-state index in [0.717, 1.165) is 23.2 Å². The topological polar surface area (TPSA) is 72.2 Å². The van der Waals surface area contributed by atoms with Gasteiger partial charge in [-0.15, -0.1) is 0 Å². The van der Waals surface area contributed by atoms with E-state index in [1.807, 2.05) is 13.8 Å². The van der Waals surface area contributed by atoms with Crippen LogP contribution >= 0.6 is 0 Å². The molecule has 0 aliphatic heterocycles. The van der Waals surface area contributed by atoms with Gasteiger partial charge in [-0.1, -0.05) is 19.8 Å². The minimum absolute atomic E-state index is 0.187. The Hall–Kier alpha value is -1.07. The summed E-state index contributed by atoms with van der Waals surface area (Å²) in [4.78, 5) is 0.187. The summed E-state index contributed by atoms with van der Waals surface area (Å²) in [6.45, 7) is 6.18. The van der Waals surface area contributed by atoms with E-state index in [9.17, 15) is 8.42 Å². The highest BCUT2D eigenvalue weighted by molar-refractivity contribution is 7.89. The molecule has 1 aliphatic carbocycles. The summed E-state index contributed by atoms with van der Waals surface area (Å²) in [5, 5.41) is 8.78. The van der Waals surface area contributed by atoms with Gasteiger partial charge in [0, 0.05) is 11.7 Å². The van der Waals surface area contributed by atoms with Gasteiger partial charge in [0.1, 0.15) is 0 Å². The van der Waals surface area contributed by atoms with Crippen molar-refractivity contribution in [3.63, 3.8) is 0 Å². The Morgan fingerprint density at radius 2 is 1.85 bits per heavy atom. The van der Waals surface area contributed by atoms with Crippen molar-refractivity contribution in [2.24, 2.45) is 11.1 Å². The minimum atomic E-state index is -3.66. The third-order valence-corrected chi connectivity index (χ3v) is 5.31. The molecule has 0 radical (unpaired) electrons. The molecule has 0 saturated heterocycles. The molecule has 2 rings (SSSR count). The van der Waals surface area contributed by atoms with Crippen LogP contribution in [0.3, 0.4) is 0 Å². The Balaban J connectivity index is 2.33. The van der Waals surface area contributed by atoms with Crippen molar-refractivity contribution >= 4 is 15.7 Å². The lowest BCUT2D eigenvalue weighted by Gasteiger charge is -2.31. The number of nitrogens with one attached hydrogen (secondary N) is 1. The second kappa shape index (κ2) is 5.74. The van der Waals surface area contributed by atoms with Gasteiger partial charge in [-0.05, 0) is 55.9 Å². The first-order valence-corrected chi connectivity index (χ1v) is 8.74. The Morgan fingerprint density at radius 3 is 2.45 bits per heavy atom. The second-order valence-electron chi connectivity index (χ2n) is 5.97. The highest BCUT2D eigenvalue weighted by Gasteiger charge is 2.22. The quantitative estimate of drug-likeness (QED) is 0.900. The molecule has 1 aliphatic rings. The molecule has 5 heteroatoms. The van der Waals surface area contributed by atoms with Crippen molar-refractivity contribution in [1.29, 1.82) is 0 Å². The van der Waals surface area contributed by atoms with Crippen LogP contribution in [0.4, 0.5) is 5.69 Å². The molecule has 1 aromatic rings. The van der Waals surface area contributed by atoms with Crippen LogP contribution in [0, 0.1) is 19.8 Å². The summed E-state index contributed by atoms with van der Waals surface area (Å²) >= 11 is 0. The van der Waals surface area contributed by atoms with Crippen molar-refractivity contribution < 1.29 is 8.42 Å². The van der Waals surface area contributed by atoms with Gasteiger partial charge in [0.2, 0.25) is 10.0 Å². The average molecular weight is 296 g/mol. The average Bonchev–Trinajstić information content (AvgIpc) is 2.36. The fraction of sp³-hybridized carbons (Fsp3) is 0.600. The SMILES string of the molecule is Cc1cc(S(N)(=O)=O)cc(NC2CCCCC2C)c1C. The maximum Gasteiger partial charge on any atom is 0.238 e. The Morgan fingerprint density at radius 1 is 1.20 bits per heavy atom. The number of sulfonamides is 1. The smallest absolute Gasteiger partial charge is 0.238 e. The summed E-state index contributed by atoms with van der Waals surface area (Å²) in [6.07, 6.45) is 4.88. The zero-order chi connectivity index (χ0) is 14.9. The molecule has 0 amide bonds. The summed E-state index contributed by atoms with van der Waals surface area (Å²) in [5.74, 6) is 0.613. The Labute approximate surface area is 121 Å². The zero-order valence-corrected chi connectivity index (χ0v) is 13.3. The lowest BCUT2D eigenvalue weighted by Crippen LogP contribution is -2.30. The van der Waals surface area contributed by atoms with E-state index in [1.165, 1.54) is 19.3 Å². The molecule has 1 fully saturated rings. The maximum absolute atomic E-state index is 11.6. The normalized spacial score (nSPS) is 23.6. The van der Waals surface area contributed by atoms with Gasteiger partial charge in [0.15, 0.2) is 0 Å². The van der Waals surface area contributed by atoms with E-state index in [-0.39, 0.29) is 4.90 Å². The number of nitrogens with two attached hydrogens (primary N) is 1. The fourth-order valence-corrected chi connectivity index (χ4v) is 3.49. The predicted octanol–water partition coefficient (Wildman–Crippen LogP) is 2.94. The molecule has 2 atom stereocenters. The number of aryl methyl sites for hydroxylation is 1. The molecule has 0 spiro atoms. The number of anilines is 1. The maximum atomic E-state index is 11.6. The van der Waals surface area contributed by atoms with E-state index in [1.54, 1.807) is 12.1 Å². The van der Waals surface area contributed by atoms with Crippen LogP contribution in [0.15, 0.2) is 17.0 Å². The van der Waals surface area contributed by atoms with Crippen LogP contribution in [0.1, 0.15) is 43.7 Å². The number of primary sulfonamides is 1. The van der Waals surface area contributed by atoms with Crippen LogP contribution in [0.25, 0.3) is 0 Å². The molecule has 112 valence electrons. The van der Waals surface area contributed by atoms with Crippen LogP contribution < -0.4 is 10.5 Å². The van der Waals surface area contributed by atoms with Gasteiger partial charge in [-0.3, -0.25) is 0 Å². The third kappa shape index (κ3) is 3.33. The molecular weight excluding hydrogens is 272 g/mol. The van der Waals surface area contributed by atoms with Gasteiger partial charge in [0.05, 0.1) is 4.90 Å². The highest BCUT2D eigenvalue weighted by Crippen LogP contribution is 2.30. The molecule has 2 unspecified atom stereocenters. The summed E-state index contributed by atoms with van der Waals surface area (Å²) in [6, 6.07) is 3.72. The van der Waals surface area contributed by atoms with Crippen LogP contribution in [-0.2, 0) is 10.0 Å². The van der Waals surface area contributed by atoms with Gasteiger partial charge < -0.3 is 5.32 Å². The zero-order valence-electron chi connectivity index (χ0n) is 12.4. The molecule has 20 heavy (non-hydrogen) atoms. The van der Waals surface area contributed by atoms with Gasteiger partial charge >= 0.3 is 0 Å². The van der Waals surface area contributed by atoms with Crippen LogP contribution in [-0.4, -0.2) is 14.5 Å². The third-order valence-electron chi connectivity index (χ3n) is 4.42. The lowest BCUT2D eigenvalue weighted by atomic mass is 9.85. The molecule has 4 nitrogen and oxygen atoms in total. The predicted molar refractivity (Wildman–Crippen MR) is 82.3 cm³/mol. The van der Waals surface area contributed by atoms with Crippen molar-refractivity contribution in [2.45, 2.75) is 57.4 Å². The standard InChI is InChI=1S/C15H24N2O2S/c1-10-6-4-5-7-14(10)17-15-9-13(20(16,18)19)8-11(2)12(15)3/h8-10,14,17H,4-7H2,1-3H3,(H2,16,18,19). The molecular formula is C15H24N2O2S. The number of hydrogen-bond acceptors (Lipinski definition) is 3. The molecule has 1 saturated carbocycles. The molecule has 3 N–H and O–H groups in total. The van der Waals surface area contributed by atoms with Gasteiger partial charge in [-0.2, -0.15) is 0 Å². The largest absolute Gasteiger partial charge is 0.382 e. The first kappa shape index (κ1) is 15.3. The Kier molecular flexibility index (Phi) is 4.39. The number of benzene rings is 1. The van der Waals surface area contributed by atoms with E-state index < -0.39 is 10.0 Å². The monoisotopic (exact) mass is 296 g/mol. The lowest BCUT2D eigenvalue weighted by molar-refractivity contribution is 0.349. The van der Waals surface area contributed by atoms with E-state index in [0.29, 0.717) is 12.0 Å². The van der Waals surface area contributed by atoms with E-state index in [4.69, 9.17) is 5.14 Å². The Bertz CT molecular complexity index is 596. The number of hydrogen-bond donors (Lipinski definition) is 2. The van der Waals surface area contributed by atoms with Crippen LogP contribution in [0.2, 0.25) is 0 Å². The van der Waals surface area contributed by atoms with Crippen molar-refractivity contribution in [3.05, 3.63) is 23.3 Å². The highest BCUT2D eigenvalue weighted by atomic mass is 32.2. The van der Waals surface area contributed by atoms with Gasteiger partial charge in [0.25, 0.3) is 0 Å². The molecule has 0 aromatic heterocycles. The van der Waals surface area contributed by atoms with E-state index >= 15 is 0 Å². The van der Waals surface area contributed by atoms with Crippen molar-refractivity contribution in [1.82, 2.24) is 0 Å². The summed E-state index contributed by atoms with van der Waals surface area (Å²) < 4.78 is 23.1. The second-order valence-corrected chi connectivity index (χ2v) is 7.53. The first-order valence-electron chi connectivity index (χ1n) is 7.19. The molecule has 0 heterocycles. The number of rotatable bonds is 3. The van der Waals surface area contributed by atoms with E-state index in [2.05, 4.69) is 12.2 Å². The van der Waals surface area contributed by atoms with Crippen molar-refractivity contribution in [2.75, 3.05) is 5.32 Å². The first-order chi connectivity index (χ1) is 9.29. The van der Waals surface area contributed by atoms with Crippen LogP contribution in [0.5, 0.6) is 0 Å². The van der Waals surface area contributed by atoms with Gasteiger partial charge in [-0.25, -0.2) is 13.6 Å². The minimum Gasteiger partial charge on any atom is -0.382 e. The summed E-state index contributed by atoms with van der Waals surface area (Å²) in [5.41, 5.74) is 2.94.